The Kier molecular flexibility index (Phi) is 5.14. The van der Waals surface area contributed by atoms with Gasteiger partial charge in [0.2, 0.25) is 5.91 Å². The van der Waals surface area contributed by atoms with Gasteiger partial charge in [-0.25, -0.2) is 4.39 Å². The molecule has 1 aliphatic heterocycles. The van der Waals surface area contributed by atoms with Crippen LogP contribution in [0.4, 0.5) is 10.1 Å². The lowest BCUT2D eigenvalue weighted by atomic mass is 10.1. The summed E-state index contributed by atoms with van der Waals surface area (Å²) < 4.78 is 13.6. The molecule has 0 aliphatic carbocycles. The van der Waals surface area contributed by atoms with Crippen LogP contribution in [0.25, 0.3) is 0 Å². The maximum Gasteiger partial charge on any atom is 0.254 e. The number of carbonyl (C=O) groups is 2. The number of likely N-dealkylation sites (tertiary alicyclic amines) is 1. The summed E-state index contributed by atoms with van der Waals surface area (Å²) in [6.45, 7) is 1.79. The fraction of sp³-hybridized carbons (Fsp3) is 0.467. The minimum absolute atomic E-state index is 0.0350. The third-order valence-electron chi connectivity index (χ3n) is 3.57. The number of rotatable bonds is 4. The largest absolute Gasteiger partial charge is 0.399 e. The molecule has 3 N–H and O–H groups in total. The van der Waals surface area contributed by atoms with Crippen molar-refractivity contribution in [3.05, 3.63) is 29.6 Å². The molecule has 6 heteroatoms. The third kappa shape index (κ3) is 4.18. The van der Waals surface area contributed by atoms with Gasteiger partial charge in [-0.1, -0.05) is 0 Å². The highest BCUT2D eigenvalue weighted by Gasteiger charge is 2.17. The van der Waals surface area contributed by atoms with Crippen molar-refractivity contribution in [3.63, 3.8) is 0 Å². The van der Waals surface area contributed by atoms with Crippen molar-refractivity contribution >= 4 is 17.5 Å². The van der Waals surface area contributed by atoms with E-state index < -0.39 is 11.7 Å². The van der Waals surface area contributed by atoms with Gasteiger partial charge >= 0.3 is 0 Å². The third-order valence-corrected chi connectivity index (χ3v) is 3.57. The summed E-state index contributed by atoms with van der Waals surface area (Å²) in [4.78, 5) is 25.5. The van der Waals surface area contributed by atoms with Crippen LogP contribution in [-0.4, -0.2) is 36.3 Å². The number of hydrogen-bond donors (Lipinski definition) is 2. The summed E-state index contributed by atoms with van der Waals surface area (Å²) in [5, 5.41) is 2.56. The maximum atomic E-state index is 13.6. The molecular formula is C15H20FN3O2. The first-order valence-electron chi connectivity index (χ1n) is 7.19. The number of amides is 2. The second kappa shape index (κ2) is 7.06. The van der Waals surface area contributed by atoms with Crippen LogP contribution in [0.1, 0.15) is 36.0 Å². The molecule has 0 bridgehead atoms. The first-order valence-corrected chi connectivity index (χ1v) is 7.19. The molecule has 1 aromatic rings. The van der Waals surface area contributed by atoms with Gasteiger partial charge in [0, 0.05) is 31.7 Å². The number of halogens is 1. The summed E-state index contributed by atoms with van der Waals surface area (Å²) in [5.74, 6) is -1.15. The Balaban J connectivity index is 1.79. The summed E-state index contributed by atoms with van der Waals surface area (Å²) in [5.41, 5.74) is 5.64. The highest BCUT2D eigenvalue weighted by Crippen LogP contribution is 2.12. The van der Waals surface area contributed by atoms with Crippen molar-refractivity contribution < 1.29 is 14.0 Å². The molecule has 0 saturated carbocycles. The van der Waals surface area contributed by atoms with Crippen molar-refractivity contribution in [3.8, 4) is 0 Å². The van der Waals surface area contributed by atoms with E-state index in [-0.39, 0.29) is 30.1 Å². The molecule has 0 atom stereocenters. The first-order chi connectivity index (χ1) is 10.1. The fourth-order valence-electron chi connectivity index (χ4n) is 2.40. The van der Waals surface area contributed by atoms with E-state index in [0.29, 0.717) is 0 Å². The number of carbonyl (C=O) groups excluding carboxylic acids is 2. The SMILES string of the molecule is Nc1ccc(C(=O)NCCC(=O)N2CCCCC2)c(F)c1. The van der Waals surface area contributed by atoms with E-state index in [2.05, 4.69) is 5.32 Å². The van der Waals surface area contributed by atoms with Crippen LogP contribution in [0.2, 0.25) is 0 Å². The lowest BCUT2D eigenvalue weighted by Crippen LogP contribution is -2.37. The number of hydrogen-bond acceptors (Lipinski definition) is 3. The van der Waals surface area contributed by atoms with Gasteiger partial charge in [0.25, 0.3) is 5.91 Å². The number of nitrogens with zero attached hydrogens (tertiary/aromatic N) is 1. The first kappa shape index (κ1) is 15.3. The molecule has 0 unspecified atom stereocenters. The van der Waals surface area contributed by atoms with E-state index in [1.54, 1.807) is 0 Å². The lowest BCUT2D eigenvalue weighted by Gasteiger charge is -2.26. The molecule has 21 heavy (non-hydrogen) atoms. The van der Waals surface area contributed by atoms with Crippen molar-refractivity contribution in [1.82, 2.24) is 10.2 Å². The van der Waals surface area contributed by atoms with E-state index in [9.17, 15) is 14.0 Å². The number of nitrogen functional groups attached to an aromatic ring is 1. The molecule has 1 aromatic carbocycles. The molecule has 2 amide bonds. The van der Waals surface area contributed by atoms with E-state index in [1.165, 1.54) is 12.1 Å². The quantitative estimate of drug-likeness (QED) is 0.827. The van der Waals surface area contributed by atoms with Crippen LogP contribution in [-0.2, 0) is 4.79 Å². The van der Waals surface area contributed by atoms with Crippen molar-refractivity contribution in [1.29, 1.82) is 0 Å². The van der Waals surface area contributed by atoms with Gasteiger partial charge in [-0.15, -0.1) is 0 Å². The normalized spacial score (nSPS) is 14.8. The second-order valence-electron chi connectivity index (χ2n) is 5.19. The molecule has 1 fully saturated rings. The van der Waals surface area contributed by atoms with Gasteiger partial charge in [0.05, 0.1) is 5.56 Å². The minimum Gasteiger partial charge on any atom is -0.399 e. The maximum absolute atomic E-state index is 13.6. The van der Waals surface area contributed by atoms with Crippen molar-refractivity contribution in [2.75, 3.05) is 25.4 Å². The zero-order chi connectivity index (χ0) is 15.2. The summed E-state index contributed by atoms with van der Waals surface area (Å²) in [6.07, 6.45) is 3.47. The van der Waals surface area contributed by atoms with E-state index in [4.69, 9.17) is 5.73 Å². The average Bonchev–Trinajstić information content (AvgIpc) is 2.47. The molecule has 1 heterocycles. The standard InChI is InChI=1S/C15H20FN3O2/c16-13-10-11(17)4-5-12(13)15(21)18-7-6-14(20)19-8-2-1-3-9-19/h4-5,10H,1-3,6-9,17H2,(H,18,21). The van der Waals surface area contributed by atoms with Crippen LogP contribution in [0.3, 0.4) is 0 Å². The Morgan fingerprint density at radius 1 is 1.24 bits per heavy atom. The van der Waals surface area contributed by atoms with Crippen LogP contribution in [0.5, 0.6) is 0 Å². The summed E-state index contributed by atoms with van der Waals surface area (Å²) >= 11 is 0. The van der Waals surface area contributed by atoms with Crippen LogP contribution in [0.15, 0.2) is 18.2 Å². The van der Waals surface area contributed by atoms with E-state index >= 15 is 0 Å². The van der Waals surface area contributed by atoms with Gasteiger partial charge in [-0.3, -0.25) is 9.59 Å². The Hall–Kier alpha value is -2.11. The summed E-state index contributed by atoms with van der Waals surface area (Å²) in [6, 6.07) is 3.91. The number of anilines is 1. The molecule has 0 spiro atoms. The van der Waals surface area contributed by atoms with Gasteiger partial charge in [0.15, 0.2) is 0 Å². The van der Waals surface area contributed by atoms with E-state index in [1.807, 2.05) is 4.90 Å². The number of benzene rings is 1. The van der Waals surface area contributed by atoms with Gasteiger partial charge in [0.1, 0.15) is 5.82 Å². The lowest BCUT2D eigenvalue weighted by molar-refractivity contribution is -0.131. The predicted molar refractivity (Wildman–Crippen MR) is 78.2 cm³/mol. The van der Waals surface area contributed by atoms with Crippen LogP contribution < -0.4 is 11.1 Å². The predicted octanol–water partition coefficient (Wildman–Crippen LogP) is 1.54. The monoisotopic (exact) mass is 293 g/mol. The van der Waals surface area contributed by atoms with Gasteiger partial charge < -0.3 is 16.0 Å². The Morgan fingerprint density at radius 3 is 2.62 bits per heavy atom. The molecule has 1 aliphatic rings. The Morgan fingerprint density at radius 2 is 1.95 bits per heavy atom. The van der Waals surface area contributed by atoms with Gasteiger partial charge in [-0.05, 0) is 37.5 Å². The van der Waals surface area contributed by atoms with Gasteiger partial charge in [-0.2, -0.15) is 0 Å². The fourth-order valence-corrected chi connectivity index (χ4v) is 2.40. The smallest absolute Gasteiger partial charge is 0.254 e. The number of piperidine rings is 1. The molecule has 5 nitrogen and oxygen atoms in total. The highest BCUT2D eigenvalue weighted by atomic mass is 19.1. The van der Waals surface area contributed by atoms with Crippen molar-refractivity contribution in [2.24, 2.45) is 0 Å². The second-order valence-corrected chi connectivity index (χ2v) is 5.19. The molecule has 114 valence electrons. The average molecular weight is 293 g/mol. The zero-order valence-electron chi connectivity index (χ0n) is 11.9. The topological polar surface area (TPSA) is 75.4 Å². The Bertz CT molecular complexity index is 528. The molecule has 0 radical (unpaired) electrons. The number of nitrogens with two attached hydrogens (primary N) is 1. The molecule has 2 rings (SSSR count). The molecular weight excluding hydrogens is 273 g/mol. The zero-order valence-corrected chi connectivity index (χ0v) is 11.9. The van der Waals surface area contributed by atoms with Crippen molar-refractivity contribution in [2.45, 2.75) is 25.7 Å². The number of nitrogens with one attached hydrogen (secondary N) is 1. The summed E-state index contributed by atoms with van der Waals surface area (Å²) in [7, 11) is 0. The highest BCUT2D eigenvalue weighted by molar-refractivity contribution is 5.95. The molecule has 1 saturated heterocycles. The Labute approximate surface area is 123 Å². The van der Waals surface area contributed by atoms with Crippen LogP contribution >= 0.6 is 0 Å². The molecule has 0 aromatic heterocycles. The minimum atomic E-state index is -0.658. The van der Waals surface area contributed by atoms with E-state index in [0.717, 1.165) is 38.4 Å². The van der Waals surface area contributed by atoms with Crippen LogP contribution in [0, 0.1) is 5.82 Å².